The normalized spacial score (nSPS) is 22.4. The highest BCUT2D eigenvalue weighted by Gasteiger charge is 2.32. The fraction of sp³-hybridized carbons (Fsp3) is 0.409. The highest BCUT2D eigenvalue weighted by molar-refractivity contribution is 5.79. The van der Waals surface area contributed by atoms with Gasteiger partial charge < -0.3 is 9.64 Å². The van der Waals surface area contributed by atoms with E-state index in [0.717, 1.165) is 13.0 Å². The third-order valence-corrected chi connectivity index (χ3v) is 5.69. The van der Waals surface area contributed by atoms with E-state index in [-0.39, 0.29) is 18.1 Å². The molecule has 25 heavy (non-hydrogen) atoms. The number of benzene rings is 2. The number of rotatable bonds is 2. The van der Waals surface area contributed by atoms with E-state index < -0.39 is 0 Å². The molecule has 130 valence electrons. The molecule has 1 aliphatic heterocycles. The van der Waals surface area contributed by atoms with Crippen LogP contribution in [0.2, 0.25) is 0 Å². The SMILES string of the molecule is CC1CC[C@@H](C)CN1C(=O)OCC1c2ccccc2-c2ccccc21. The van der Waals surface area contributed by atoms with Crippen molar-refractivity contribution in [2.24, 2.45) is 5.92 Å². The van der Waals surface area contributed by atoms with Crippen LogP contribution in [0.3, 0.4) is 0 Å². The van der Waals surface area contributed by atoms with Gasteiger partial charge in [0.1, 0.15) is 6.61 Å². The van der Waals surface area contributed by atoms with Crippen LogP contribution in [0.25, 0.3) is 11.1 Å². The zero-order valence-corrected chi connectivity index (χ0v) is 14.9. The topological polar surface area (TPSA) is 29.5 Å². The summed E-state index contributed by atoms with van der Waals surface area (Å²) in [5.41, 5.74) is 5.05. The number of hydrogen-bond acceptors (Lipinski definition) is 2. The van der Waals surface area contributed by atoms with E-state index in [1.807, 2.05) is 4.90 Å². The highest BCUT2D eigenvalue weighted by Crippen LogP contribution is 2.44. The molecule has 2 atom stereocenters. The van der Waals surface area contributed by atoms with Crippen LogP contribution < -0.4 is 0 Å². The summed E-state index contributed by atoms with van der Waals surface area (Å²) in [6.45, 7) is 5.53. The molecule has 1 unspecified atom stereocenters. The van der Waals surface area contributed by atoms with Crippen LogP contribution in [0.15, 0.2) is 48.5 Å². The quantitative estimate of drug-likeness (QED) is 0.768. The van der Waals surface area contributed by atoms with Gasteiger partial charge in [-0.05, 0) is 47.9 Å². The molecule has 0 aromatic heterocycles. The van der Waals surface area contributed by atoms with Crippen molar-refractivity contribution in [1.82, 2.24) is 4.90 Å². The fourth-order valence-electron chi connectivity index (χ4n) is 4.22. The Kier molecular flexibility index (Phi) is 4.24. The maximum Gasteiger partial charge on any atom is 0.410 e. The number of nitrogens with zero attached hydrogens (tertiary/aromatic N) is 1. The van der Waals surface area contributed by atoms with Crippen molar-refractivity contribution in [3.8, 4) is 11.1 Å². The fourth-order valence-corrected chi connectivity index (χ4v) is 4.22. The van der Waals surface area contributed by atoms with Crippen LogP contribution in [0.4, 0.5) is 4.79 Å². The zero-order valence-electron chi connectivity index (χ0n) is 14.9. The average Bonchev–Trinajstić information content (AvgIpc) is 2.96. The molecule has 1 saturated heterocycles. The van der Waals surface area contributed by atoms with E-state index in [2.05, 4.69) is 62.4 Å². The predicted octanol–water partition coefficient (Wildman–Crippen LogP) is 5.06. The first-order chi connectivity index (χ1) is 12.1. The van der Waals surface area contributed by atoms with E-state index in [9.17, 15) is 4.79 Å². The first-order valence-corrected chi connectivity index (χ1v) is 9.26. The number of amides is 1. The summed E-state index contributed by atoms with van der Waals surface area (Å²) in [6.07, 6.45) is 2.08. The van der Waals surface area contributed by atoms with Crippen molar-refractivity contribution < 1.29 is 9.53 Å². The second-order valence-electron chi connectivity index (χ2n) is 7.49. The number of ether oxygens (including phenoxy) is 1. The van der Waals surface area contributed by atoms with Gasteiger partial charge in [0.25, 0.3) is 0 Å². The Labute approximate surface area is 149 Å². The average molecular weight is 335 g/mol. The van der Waals surface area contributed by atoms with Gasteiger partial charge >= 0.3 is 6.09 Å². The monoisotopic (exact) mass is 335 g/mol. The van der Waals surface area contributed by atoms with Crippen LogP contribution in [-0.4, -0.2) is 30.2 Å². The molecule has 3 nitrogen and oxygen atoms in total. The summed E-state index contributed by atoms with van der Waals surface area (Å²) in [5, 5.41) is 0. The summed E-state index contributed by atoms with van der Waals surface area (Å²) < 4.78 is 5.78. The molecule has 0 radical (unpaired) electrons. The van der Waals surface area contributed by atoms with Crippen molar-refractivity contribution in [2.45, 2.75) is 38.6 Å². The second kappa shape index (κ2) is 6.55. The van der Waals surface area contributed by atoms with E-state index in [0.29, 0.717) is 12.5 Å². The lowest BCUT2D eigenvalue weighted by molar-refractivity contribution is 0.0642. The molecule has 2 aliphatic rings. The molecule has 1 amide bonds. The summed E-state index contributed by atoms with van der Waals surface area (Å²) in [7, 11) is 0. The number of carbonyl (C=O) groups excluding carboxylic acids is 1. The molecular formula is C22H25NO2. The number of piperidine rings is 1. The minimum absolute atomic E-state index is 0.133. The molecule has 0 spiro atoms. The minimum Gasteiger partial charge on any atom is -0.448 e. The Hall–Kier alpha value is -2.29. The van der Waals surface area contributed by atoms with Gasteiger partial charge in [0.2, 0.25) is 0 Å². The molecule has 1 fully saturated rings. The summed E-state index contributed by atoms with van der Waals surface area (Å²) in [6, 6.07) is 17.2. The van der Waals surface area contributed by atoms with Crippen LogP contribution in [0.5, 0.6) is 0 Å². The summed E-state index contributed by atoms with van der Waals surface area (Å²) in [5.74, 6) is 0.686. The lowest BCUT2D eigenvalue weighted by Gasteiger charge is -2.36. The van der Waals surface area contributed by atoms with Crippen molar-refractivity contribution >= 4 is 6.09 Å². The molecule has 0 bridgehead atoms. The third kappa shape index (κ3) is 2.92. The largest absolute Gasteiger partial charge is 0.448 e. The van der Waals surface area contributed by atoms with Gasteiger partial charge in [0.05, 0.1) is 0 Å². The van der Waals surface area contributed by atoms with E-state index in [4.69, 9.17) is 4.74 Å². The first-order valence-electron chi connectivity index (χ1n) is 9.26. The Morgan fingerprint density at radius 3 is 2.24 bits per heavy atom. The molecule has 1 heterocycles. The van der Waals surface area contributed by atoms with Gasteiger partial charge in [-0.3, -0.25) is 0 Å². The maximum absolute atomic E-state index is 12.6. The van der Waals surface area contributed by atoms with Gasteiger partial charge in [-0.15, -0.1) is 0 Å². The number of fused-ring (bicyclic) bond motifs is 3. The van der Waals surface area contributed by atoms with Crippen LogP contribution in [-0.2, 0) is 4.74 Å². The second-order valence-corrected chi connectivity index (χ2v) is 7.49. The lowest BCUT2D eigenvalue weighted by atomic mass is 9.95. The minimum atomic E-state index is -0.166. The number of hydrogen-bond donors (Lipinski definition) is 0. The Morgan fingerprint density at radius 1 is 1.00 bits per heavy atom. The predicted molar refractivity (Wildman–Crippen MR) is 99.6 cm³/mol. The number of carbonyl (C=O) groups is 1. The number of likely N-dealkylation sites (tertiary alicyclic amines) is 1. The third-order valence-electron chi connectivity index (χ3n) is 5.69. The van der Waals surface area contributed by atoms with Gasteiger partial charge in [-0.1, -0.05) is 55.5 Å². The molecule has 2 aromatic carbocycles. The van der Waals surface area contributed by atoms with Gasteiger partial charge in [0.15, 0.2) is 0 Å². The lowest BCUT2D eigenvalue weighted by Crippen LogP contribution is -2.45. The smallest absolute Gasteiger partial charge is 0.410 e. The van der Waals surface area contributed by atoms with Crippen molar-refractivity contribution in [2.75, 3.05) is 13.2 Å². The van der Waals surface area contributed by atoms with E-state index in [1.54, 1.807) is 0 Å². The maximum atomic E-state index is 12.6. The molecule has 2 aromatic rings. The van der Waals surface area contributed by atoms with Crippen molar-refractivity contribution in [3.05, 3.63) is 59.7 Å². The van der Waals surface area contributed by atoms with Gasteiger partial charge in [0, 0.05) is 18.5 Å². The Morgan fingerprint density at radius 2 is 1.60 bits per heavy atom. The Balaban J connectivity index is 1.52. The first kappa shape index (κ1) is 16.2. The van der Waals surface area contributed by atoms with Gasteiger partial charge in [-0.25, -0.2) is 4.79 Å². The molecule has 3 heteroatoms. The molecule has 0 saturated carbocycles. The molecular weight excluding hydrogens is 310 g/mol. The van der Waals surface area contributed by atoms with Crippen LogP contribution in [0.1, 0.15) is 43.7 Å². The summed E-state index contributed by atoms with van der Waals surface area (Å²) >= 11 is 0. The summed E-state index contributed by atoms with van der Waals surface area (Å²) in [4.78, 5) is 14.5. The molecule has 4 rings (SSSR count). The van der Waals surface area contributed by atoms with Crippen molar-refractivity contribution in [3.63, 3.8) is 0 Å². The van der Waals surface area contributed by atoms with Gasteiger partial charge in [-0.2, -0.15) is 0 Å². The van der Waals surface area contributed by atoms with E-state index in [1.165, 1.54) is 28.7 Å². The van der Waals surface area contributed by atoms with E-state index >= 15 is 0 Å². The Bertz CT molecular complexity index is 740. The molecule has 1 aliphatic carbocycles. The zero-order chi connectivity index (χ0) is 17.4. The van der Waals surface area contributed by atoms with Crippen LogP contribution in [0, 0.1) is 5.92 Å². The standard InChI is InChI=1S/C22H25NO2/c1-15-11-12-16(2)23(13-15)22(24)25-14-21-19-9-5-3-7-17(19)18-8-4-6-10-20(18)21/h3-10,15-16,21H,11-14H2,1-2H3/t15-,16?/m1/s1. The molecule has 0 N–H and O–H groups in total. The van der Waals surface area contributed by atoms with Crippen LogP contribution >= 0.6 is 0 Å². The van der Waals surface area contributed by atoms with Crippen molar-refractivity contribution in [1.29, 1.82) is 0 Å². The highest BCUT2D eigenvalue weighted by atomic mass is 16.6.